The van der Waals surface area contributed by atoms with E-state index in [2.05, 4.69) is 55.4 Å². The van der Waals surface area contributed by atoms with Gasteiger partial charge in [0.15, 0.2) is 0 Å². The van der Waals surface area contributed by atoms with E-state index >= 15 is 0 Å². The molecule has 4 aromatic rings. The zero-order chi connectivity index (χ0) is 58.1. The van der Waals surface area contributed by atoms with Crippen molar-refractivity contribution in [2.75, 3.05) is 0 Å². The van der Waals surface area contributed by atoms with Crippen molar-refractivity contribution in [3.63, 3.8) is 0 Å². The summed E-state index contributed by atoms with van der Waals surface area (Å²) in [6.07, 6.45) is 35.0. The highest BCUT2D eigenvalue weighted by atomic mass is 16.3. The lowest BCUT2D eigenvalue weighted by Gasteiger charge is -2.34. The van der Waals surface area contributed by atoms with Crippen molar-refractivity contribution < 1.29 is 40.9 Å². The molecule has 8 atom stereocenters. The minimum atomic E-state index is -0.593. The summed E-state index contributed by atoms with van der Waals surface area (Å²) in [7, 11) is 0. The monoisotopic (exact) mass is 1100 g/mol. The molecule has 1 aliphatic rings. The first-order valence-corrected chi connectivity index (χ1v) is 32.8. The molecule has 8 nitrogen and oxygen atoms in total. The van der Waals surface area contributed by atoms with Crippen LogP contribution in [0.3, 0.4) is 0 Å². The van der Waals surface area contributed by atoms with E-state index in [0.29, 0.717) is 44.5 Å². The maximum atomic E-state index is 12.3. The lowest BCUT2D eigenvalue weighted by molar-refractivity contribution is 0.377. The second-order valence-corrected chi connectivity index (χ2v) is 25.3. The van der Waals surface area contributed by atoms with Crippen molar-refractivity contribution in [2.24, 2.45) is 23.7 Å². The van der Waals surface area contributed by atoms with Crippen LogP contribution in [0.4, 0.5) is 0 Å². The van der Waals surface area contributed by atoms with Gasteiger partial charge in [0.05, 0.1) is 0 Å². The van der Waals surface area contributed by atoms with Crippen molar-refractivity contribution in [3.05, 3.63) is 93.0 Å². The number of unbranched alkanes of at least 4 members (excludes halogenated alkanes) is 24. The highest BCUT2D eigenvalue weighted by Gasteiger charge is 2.38. The van der Waals surface area contributed by atoms with Gasteiger partial charge < -0.3 is 40.9 Å². The molecular formula is C72H112O8. The molecular weight excluding hydrogens is 993 g/mol. The van der Waals surface area contributed by atoms with Crippen molar-refractivity contribution in [1.29, 1.82) is 0 Å². The molecule has 8 N–H and O–H groups in total. The quantitative estimate of drug-likeness (QED) is 0.0209. The van der Waals surface area contributed by atoms with Gasteiger partial charge in [-0.2, -0.15) is 0 Å². The molecule has 6 unspecified atom stereocenters. The van der Waals surface area contributed by atoms with Gasteiger partial charge in [-0.3, -0.25) is 0 Å². The van der Waals surface area contributed by atoms with Crippen LogP contribution in [0.5, 0.6) is 46.0 Å². The third-order valence-corrected chi connectivity index (χ3v) is 18.7. The van der Waals surface area contributed by atoms with E-state index in [1.54, 1.807) is 0 Å². The zero-order valence-corrected chi connectivity index (χ0v) is 51.4. The minimum absolute atomic E-state index is 0.101. The van der Waals surface area contributed by atoms with Gasteiger partial charge in [-0.1, -0.05) is 235 Å². The fraction of sp³-hybridized carbons (Fsp3) is 0.667. The molecule has 5 rings (SSSR count). The molecule has 4 aromatic carbocycles. The molecule has 0 radical (unpaired) electrons. The van der Waals surface area contributed by atoms with E-state index in [9.17, 15) is 40.9 Å². The first kappa shape index (κ1) is 66.1. The molecule has 0 spiro atoms. The molecule has 1 aliphatic carbocycles. The number of fused-ring (bicyclic) bond motifs is 8. The van der Waals surface area contributed by atoms with Crippen LogP contribution in [0.2, 0.25) is 0 Å². The average Bonchev–Trinajstić information content (AvgIpc) is 3.42. The number of aromatic hydroxyl groups is 8. The number of rotatable bonds is 36. The molecule has 0 heterocycles. The molecule has 8 heteroatoms. The fourth-order valence-electron chi connectivity index (χ4n) is 13.9. The molecule has 0 aliphatic heterocycles. The SMILES string of the molecule is CCCCCCCCCC(C)C1c2cc(c(O)cc2O)C(C(C)CCCCCCCCC)c2cc(c(O)cc2O)C([C@@H](C)CCCCCCCCC)c2cc(c(O)cc2O)C([C@H](C)CCCCCCCCC)c2cc1c(O)cc2O. The van der Waals surface area contributed by atoms with Gasteiger partial charge in [-0.15, -0.1) is 0 Å². The van der Waals surface area contributed by atoms with Crippen LogP contribution >= 0.6 is 0 Å². The normalized spacial score (nSPS) is 17.8. The third kappa shape index (κ3) is 18.6. The standard InChI is InChI=1S/C72H112O8/c1-9-13-17-21-25-29-33-37-49(5)69-53-41-55(63(75)45-61(53)73)70(50(6)38-34-30-26-22-18-14-10-2)57-43-59(67(79)47-65(57)77)72(52(8)40-36-32-28-24-20-16-12-4)60-44-58(66(78)48-68(60)80)71(56-42-54(69)62(74)46-64(56)76)51(7)39-35-31-27-23-19-15-11-3/h41-52,69-80H,9-40H2,1-8H3/t49-,50+,51?,52?,69?,70?,71?,72?. The molecule has 448 valence electrons. The van der Waals surface area contributed by atoms with E-state index < -0.39 is 23.7 Å². The largest absolute Gasteiger partial charge is 0.508 e. The van der Waals surface area contributed by atoms with Crippen LogP contribution in [-0.2, 0) is 0 Å². The molecule has 0 amide bonds. The summed E-state index contributed by atoms with van der Waals surface area (Å²) in [5.74, 6) is -3.66. The van der Waals surface area contributed by atoms with Gasteiger partial charge in [0, 0.05) is 92.4 Å². The van der Waals surface area contributed by atoms with E-state index in [0.717, 1.165) is 103 Å². The second-order valence-electron chi connectivity index (χ2n) is 25.3. The Morgan fingerprint density at radius 3 is 0.512 bits per heavy atom. The molecule has 0 saturated carbocycles. The van der Waals surface area contributed by atoms with E-state index in [1.807, 2.05) is 24.3 Å². The Morgan fingerprint density at radius 2 is 0.362 bits per heavy atom. The Morgan fingerprint density at radius 1 is 0.225 bits per heavy atom. The van der Waals surface area contributed by atoms with Gasteiger partial charge in [0.25, 0.3) is 0 Å². The third-order valence-electron chi connectivity index (χ3n) is 18.7. The van der Waals surface area contributed by atoms with Crippen LogP contribution in [-0.4, -0.2) is 40.9 Å². The Balaban J connectivity index is 1.82. The van der Waals surface area contributed by atoms with Crippen LogP contribution in [0, 0.1) is 23.7 Å². The van der Waals surface area contributed by atoms with Crippen LogP contribution in [0.25, 0.3) is 0 Å². The number of hydrogen-bond donors (Lipinski definition) is 8. The van der Waals surface area contributed by atoms with Crippen LogP contribution < -0.4 is 0 Å². The summed E-state index contributed by atoms with van der Waals surface area (Å²) in [5, 5.41) is 98.7. The molecule has 0 fully saturated rings. The predicted octanol–water partition coefficient (Wildman–Crippen LogP) is 21.3. The highest BCUT2D eigenvalue weighted by molar-refractivity contribution is 5.62. The average molecular weight is 1110 g/mol. The number of benzene rings is 4. The maximum Gasteiger partial charge on any atom is 0.123 e. The van der Waals surface area contributed by atoms with Crippen LogP contribution in [0.1, 0.15) is 329 Å². The lowest BCUT2D eigenvalue weighted by Crippen LogP contribution is -2.19. The van der Waals surface area contributed by atoms with Crippen molar-refractivity contribution in [2.45, 2.75) is 285 Å². The van der Waals surface area contributed by atoms with E-state index in [1.165, 1.54) is 127 Å². The summed E-state index contributed by atoms with van der Waals surface area (Å²) in [6, 6.07) is 13.4. The van der Waals surface area contributed by atoms with Crippen molar-refractivity contribution in [1.82, 2.24) is 0 Å². The summed E-state index contributed by atoms with van der Waals surface area (Å²) in [5.41, 5.74) is 4.35. The molecule has 80 heavy (non-hydrogen) atoms. The first-order valence-electron chi connectivity index (χ1n) is 32.8. The zero-order valence-electron chi connectivity index (χ0n) is 51.4. The lowest BCUT2D eigenvalue weighted by atomic mass is 9.71. The Labute approximate surface area is 485 Å². The Kier molecular flexibility index (Phi) is 28.6. The molecule has 0 saturated heterocycles. The number of phenols is 8. The topological polar surface area (TPSA) is 162 Å². The predicted molar refractivity (Wildman–Crippen MR) is 334 cm³/mol. The van der Waals surface area contributed by atoms with Crippen molar-refractivity contribution in [3.8, 4) is 46.0 Å². The summed E-state index contributed by atoms with van der Waals surface area (Å²) in [4.78, 5) is 0. The summed E-state index contributed by atoms with van der Waals surface area (Å²) in [6.45, 7) is 17.6. The van der Waals surface area contributed by atoms with E-state index in [4.69, 9.17) is 0 Å². The molecule has 8 bridgehead atoms. The smallest absolute Gasteiger partial charge is 0.123 e. The minimum Gasteiger partial charge on any atom is -0.508 e. The second kappa shape index (κ2) is 34.7. The Bertz CT molecular complexity index is 1990. The fourth-order valence-corrected chi connectivity index (χ4v) is 13.9. The maximum absolute atomic E-state index is 12.3. The van der Waals surface area contributed by atoms with Gasteiger partial charge in [0.1, 0.15) is 46.0 Å². The van der Waals surface area contributed by atoms with Gasteiger partial charge in [-0.25, -0.2) is 0 Å². The van der Waals surface area contributed by atoms with Crippen molar-refractivity contribution >= 4 is 0 Å². The number of phenolic OH excluding ortho intramolecular Hbond substituents is 8. The van der Waals surface area contributed by atoms with Gasteiger partial charge in [0.2, 0.25) is 0 Å². The van der Waals surface area contributed by atoms with E-state index in [-0.39, 0.29) is 69.7 Å². The Hall–Kier alpha value is -4.72. The number of hydrogen-bond acceptors (Lipinski definition) is 8. The first-order chi connectivity index (χ1) is 38.6. The highest BCUT2D eigenvalue weighted by Crippen LogP contribution is 2.55. The molecule has 0 aromatic heterocycles. The van der Waals surface area contributed by atoms with Crippen LogP contribution in [0.15, 0.2) is 48.5 Å². The van der Waals surface area contributed by atoms with Gasteiger partial charge >= 0.3 is 0 Å². The van der Waals surface area contributed by atoms with Gasteiger partial charge in [-0.05, 0) is 73.6 Å². The summed E-state index contributed by atoms with van der Waals surface area (Å²) < 4.78 is 0. The summed E-state index contributed by atoms with van der Waals surface area (Å²) >= 11 is 0.